The maximum Gasteiger partial charge on any atom is 0.269 e. The van der Waals surface area contributed by atoms with E-state index < -0.39 is 4.92 Å². The number of nitro benzene ring substituents is 1. The average Bonchev–Trinajstić information content (AvgIpc) is 3.27. The molecule has 9 nitrogen and oxygen atoms in total. The summed E-state index contributed by atoms with van der Waals surface area (Å²) >= 11 is 0. The third kappa shape index (κ3) is 5.86. The van der Waals surface area contributed by atoms with Gasteiger partial charge in [-0.25, -0.2) is 4.68 Å². The predicted molar refractivity (Wildman–Crippen MR) is 127 cm³/mol. The van der Waals surface area contributed by atoms with Crippen molar-refractivity contribution in [2.45, 2.75) is 44.6 Å². The zero-order valence-corrected chi connectivity index (χ0v) is 18.8. The number of para-hydroxylation sites is 1. The minimum atomic E-state index is -0.459. The first kappa shape index (κ1) is 23.2. The van der Waals surface area contributed by atoms with E-state index in [-0.39, 0.29) is 36.5 Å². The number of nitrogens with zero attached hydrogens (tertiary/aromatic N) is 3. The molecule has 1 heterocycles. The van der Waals surface area contributed by atoms with E-state index in [0.717, 1.165) is 31.4 Å². The van der Waals surface area contributed by atoms with Crippen molar-refractivity contribution in [1.82, 2.24) is 20.4 Å². The molecule has 0 saturated heterocycles. The van der Waals surface area contributed by atoms with Crippen LogP contribution in [-0.2, 0) is 16.0 Å². The molecule has 0 bridgehead atoms. The molecule has 1 aliphatic carbocycles. The van der Waals surface area contributed by atoms with Crippen LogP contribution in [-0.4, -0.2) is 39.1 Å². The smallest absolute Gasteiger partial charge is 0.269 e. The van der Waals surface area contributed by atoms with Gasteiger partial charge in [0, 0.05) is 35.5 Å². The van der Waals surface area contributed by atoms with E-state index in [1.165, 1.54) is 18.6 Å². The molecule has 1 saturated carbocycles. The Hall–Kier alpha value is -4.01. The third-order valence-corrected chi connectivity index (χ3v) is 5.93. The van der Waals surface area contributed by atoms with Gasteiger partial charge < -0.3 is 10.6 Å². The summed E-state index contributed by atoms with van der Waals surface area (Å²) in [6.45, 7) is -0.0744. The van der Waals surface area contributed by atoms with Crippen LogP contribution in [0.1, 0.15) is 37.7 Å². The van der Waals surface area contributed by atoms with Crippen molar-refractivity contribution in [2.24, 2.45) is 0 Å². The monoisotopic (exact) mass is 461 g/mol. The van der Waals surface area contributed by atoms with Gasteiger partial charge in [0.15, 0.2) is 0 Å². The number of nitrogens with one attached hydrogen (secondary N) is 2. The molecule has 0 atom stereocenters. The summed E-state index contributed by atoms with van der Waals surface area (Å²) in [5.41, 5.74) is 2.68. The van der Waals surface area contributed by atoms with Crippen LogP contribution >= 0.6 is 0 Å². The van der Waals surface area contributed by atoms with E-state index in [9.17, 15) is 19.7 Å². The molecular weight excluding hydrogens is 434 g/mol. The highest BCUT2D eigenvalue weighted by molar-refractivity contribution is 5.86. The van der Waals surface area contributed by atoms with E-state index in [1.54, 1.807) is 23.0 Å². The van der Waals surface area contributed by atoms with E-state index in [0.29, 0.717) is 16.8 Å². The highest BCUT2D eigenvalue weighted by atomic mass is 16.6. The molecule has 2 N–H and O–H groups in total. The molecule has 0 aliphatic heterocycles. The summed E-state index contributed by atoms with van der Waals surface area (Å²) in [6.07, 6.45) is 7.21. The van der Waals surface area contributed by atoms with Crippen LogP contribution < -0.4 is 10.6 Å². The largest absolute Gasteiger partial charge is 0.352 e. The Kier molecular flexibility index (Phi) is 7.31. The Bertz CT molecular complexity index is 1150. The van der Waals surface area contributed by atoms with Crippen LogP contribution in [0, 0.1) is 10.1 Å². The molecule has 2 amide bonds. The predicted octanol–water partition coefficient (Wildman–Crippen LogP) is 3.56. The normalized spacial score (nSPS) is 13.9. The zero-order chi connectivity index (χ0) is 23.9. The highest BCUT2D eigenvalue weighted by Gasteiger charge is 2.19. The second kappa shape index (κ2) is 10.7. The third-order valence-electron chi connectivity index (χ3n) is 5.93. The lowest BCUT2D eigenvalue weighted by Gasteiger charge is -2.22. The molecule has 1 aliphatic rings. The second-order valence-corrected chi connectivity index (χ2v) is 8.44. The molecule has 34 heavy (non-hydrogen) atoms. The van der Waals surface area contributed by atoms with Crippen LogP contribution in [0.15, 0.2) is 60.8 Å². The quantitative estimate of drug-likeness (QED) is 0.393. The number of hydrogen-bond acceptors (Lipinski definition) is 5. The van der Waals surface area contributed by atoms with E-state index in [4.69, 9.17) is 0 Å². The lowest BCUT2D eigenvalue weighted by molar-refractivity contribution is -0.384. The number of hydrogen-bond donors (Lipinski definition) is 2. The Morgan fingerprint density at radius 1 is 1.00 bits per heavy atom. The SMILES string of the molecule is O=C(Cc1cn(-c2ccccc2)nc1-c1ccc([N+](=O)[O-])cc1)NCC(=O)NC1CCCCC1. The van der Waals surface area contributed by atoms with Crippen molar-refractivity contribution >= 4 is 17.5 Å². The van der Waals surface area contributed by atoms with Crippen molar-refractivity contribution in [3.05, 3.63) is 76.5 Å². The van der Waals surface area contributed by atoms with Crippen LogP contribution in [0.2, 0.25) is 0 Å². The van der Waals surface area contributed by atoms with Crippen LogP contribution in [0.25, 0.3) is 16.9 Å². The fourth-order valence-corrected chi connectivity index (χ4v) is 4.18. The molecule has 4 rings (SSSR count). The van der Waals surface area contributed by atoms with Crippen LogP contribution in [0.3, 0.4) is 0 Å². The van der Waals surface area contributed by atoms with Crippen molar-refractivity contribution in [3.63, 3.8) is 0 Å². The summed E-state index contributed by atoms with van der Waals surface area (Å²) < 4.78 is 1.68. The highest BCUT2D eigenvalue weighted by Crippen LogP contribution is 2.26. The van der Waals surface area contributed by atoms with Crippen molar-refractivity contribution in [2.75, 3.05) is 6.54 Å². The van der Waals surface area contributed by atoms with Gasteiger partial charge in [0.1, 0.15) is 0 Å². The molecule has 3 aromatic rings. The fraction of sp³-hybridized carbons (Fsp3) is 0.320. The van der Waals surface area contributed by atoms with Crippen molar-refractivity contribution in [3.8, 4) is 16.9 Å². The standard InChI is InChI=1S/C25H27N5O4/c31-23(26-16-24(32)27-20-7-3-1-4-8-20)15-19-17-29(21-9-5-2-6-10-21)28-25(19)18-11-13-22(14-12-18)30(33)34/h2,5-6,9-14,17,20H,1,3-4,7-8,15-16H2,(H,26,31)(H,27,32). The molecule has 1 fully saturated rings. The van der Waals surface area contributed by atoms with Gasteiger partial charge >= 0.3 is 0 Å². The van der Waals surface area contributed by atoms with E-state index in [2.05, 4.69) is 15.7 Å². The maximum atomic E-state index is 12.7. The van der Waals surface area contributed by atoms with Gasteiger partial charge in [-0.1, -0.05) is 37.5 Å². The van der Waals surface area contributed by atoms with Gasteiger partial charge in [-0.3, -0.25) is 19.7 Å². The fourth-order valence-electron chi connectivity index (χ4n) is 4.18. The molecule has 0 radical (unpaired) electrons. The number of aromatic nitrogens is 2. The molecule has 9 heteroatoms. The Morgan fingerprint density at radius 2 is 1.71 bits per heavy atom. The lowest BCUT2D eigenvalue weighted by Crippen LogP contribution is -2.43. The number of carbonyl (C=O) groups excluding carboxylic acids is 2. The van der Waals surface area contributed by atoms with Gasteiger partial charge in [0.2, 0.25) is 11.8 Å². The first-order valence-corrected chi connectivity index (χ1v) is 11.4. The summed E-state index contributed by atoms with van der Waals surface area (Å²) in [5.74, 6) is -0.481. The van der Waals surface area contributed by atoms with Gasteiger partial charge in [0.05, 0.1) is 29.3 Å². The molecule has 176 valence electrons. The van der Waals surface area contributed by atoms with Gasteiger partial charge in [-0.15, -0.1) is 0 Å². The van der Waals surface area contributed by atoms with Crippen molar-refractivity contribution < 1.29 is 14.5 Å². The molecule has 1 aromatic heterocycles. The minimum Gasteiger partial charge on any atom is -0.352 e. The Labute approximate surface area is 197 Å². The molecule has 0 spiro atoms. The second-order valence-electron chi connectivity index (χ2n) is 8.44. The topological polar surface area (TPSA) is 119 Å². The van der Waals surface area contributed by atoms with Crippen LogP contribution in [0.4, 0.5) is 5.69 Å². The van der Waals surface area contributed by atoms with Gasteiger partial charge in [-0.2, -0.15) is 5.10 Å². The number of nitro groups is 1. The average molecular weight is 462 g/mol. The number of amides is 2. The van der Waals surface area contributed by atoms with Gasteiger partial charge in [-0.05, 0) is 37.1 Å². The number of carbonyl (C=O) groups is 2. The molecule has 0 unspecified atom stereocenters. The summed E-state index contributed by atoms with van der Waals surface area (Å²) in [6, 6.07) is 15.7. The molecule has 2 aromatic carbocycles. The van der Waals surface area contributed by atoms with E-state index in [1.807, 2.05) is 30.3 Å². The first-order valence-electron chi connectivity index (χ1n) is 11.4. The minimum absolute atomic E-state index is 0.0190. The van der Waals surface area contributed by atoms with Crippen molar-refractivity contribution in [1.29, 1.82) is 0 Å². The summed E-state index contributed by atoms with van der Waals surface area (Å²) in [5, 5.41) is 21.3. The summed E-state index contributed by atoms with van der Waals surface area (Å²) in [4.78, 5) is 35.4. The first-order chi connectivity index (χ1) is 16.5. The lowest BCUT2D eigenvalue weighted by atomic mass is 9.95. The van der Waals surface area contributed by atoms with E-state index >= 15 is 0 Å². The number of non-ortho nitro benzene ring substituents is 1. The number of rotatable bonds is 8. The Morgan fingerprint density at radius 3 is 2.38 bits per heavy atom. The van der Waals surface area contributed by atoms with Crippen LogP contribution in [0.5, 0.6) is 0 Å². The maximum absolute atomic E-state index is 12.7. The number of benzene rings is 2. The zero-order valence-electron chi connectivity index (χ0n) is 18.8. The van der Waals surface area contributed by atoms with Gasteiger partial charge in [0.25, 0.3) is 5.69 Å². The Balaban J connectivity index is 1.48. The summed E-state index contributed by atoms with van der Waals surface area (Å²) in [7, 11) is 0. The molecular formula is C25H27N5O4.